The topological polar surface area (TPSA) is 55.8 Å². The summed E-state index contributed by atoms with van der Waals surface area (Å²) in [4.78, 5) is 16.2. The number of likely N-dealkylation sites (tertiary alicyclic amines) is 1. The van der Waals surface area contributed by atoms with Gasteiger partial charge in [-0.25, -0.2) is 4.79 Å². The molecule has 0 radical (unpaired) electrons. The van der Waals surface area contributed by atoms with Gasteiger partial charge >= 0.3 is 6.03 Å². The fourth-order valence-electron chi connectivity index (χ4n) is 2.97. The zero-order chi connectivity index (χ0) is 16.1. The number of aryl methyl sites for hydroxylation is 1. The molecule has 2 atom stereocenters. The van der Waals surface area contributed by atoms with E-state index >= 15 is 0 Å². The number of urea groups is 1. The molecule has 122 valence electrons. The van der Waals surface area contributed by atoms with Gasteiger partial charge in [-0.15, -0.1) is 0 Å². The van der Waals surface area contributed by atoms with E-state index in [4.69, 9.17) is 0 Å². The van der Waals surface area contributed by atoms with Crippen LogP contribution in [-0.4, -0.2) is 60.8 Å². The number of amides is 2. The molecular weight excluding hydrogens is 278 g/mol. The Labute approximate surface area is 132 Å². The van der Waals surface area contributed by atoms with E-state index in [-0.39, 0.29) is 24.7 Å². The first-order chi connectivity index (χ1) is 10.5. The van der Waals surface area contributed by atoms with Crippen molar-refractivity contribution in [1.82, 2.24) is 15.1 Å². The normalized spacial score (nSPS) is 19.5. The minimum atomic E-state index is -0.0736. The zero-order valence-electron chi connectivity index (χ0n) is 13.7. The molecule has 5 nitrogen and oxygen atoms in total. The van der Waals surface area contributed by atoms with E-state index in [2.05, 4.69) is 41.4 Å². The van der Waals surface area contributed by atoms with Crippen molar-refractivity contribution in [2.75, 3.05) is 33.8 Å². The minimum Gasteiger partial charge on any atom is -0.394 e. The molecule has 1 fully saturated rings. The molecule has 1 aliphatic rings. The Bertz CT molecular complexity index is 487. The van der Waals surface area contributed by atoms with Crippen molar-refractivity contribution in [1.29, 1.82) is 0 Å². The van der Waals surface area contributed by atoms with Gasteiger partial charge in [-0.2, -0.15) is 0 Å². The second-order valence-electron chi connectivity index (χ2n) is 6.25. The molecule has 2 unspecified atom stereocenters. The molecule has 1 aliphatic heterocycles. The summed E-state index contributed by atoms with van der Waals surface area (Å²) in [5.41, 5.74) is 2.42. The number of carbonyl (C=O) groups excluding carboxylic acids is 1. The maximum absolute atomic E-state index is 12.3. The Balaban J connectivity index is 1.97. The van der Waals surface area contributed by atoms with Crippen LogP contribution in [0, 0.1) is 6.92 Å². The van der Waals surface area contributed by atoms with Crippen molar-refractivity contribution in [2.24, 2.45) is 0 Å². The third kappa shape index (κ3) is 3.99. The molecule has 1 aromatic rings. The Morgan fingerprint density at radius 3 is 2.68 bits per heavy atom. The largest absolute Gasteiger partial charge is 0.394 e. The highest BCUT2D eigenvalue weighted by Gasteiger charge is 2.28. The molecular formula is C17H27N3O2. The highest BCUT2D eigenvalue weighted by atomic mass is 16.3. The van der Waals surface area contributed by atoms with Gasteiger partial charge in [-0.3, -0.25) is 0 Å². The lowest BCUT2D eigenvalue weighted by Crippen LogP contribution is -2.46. The molecule has 1 heterocycles. The quantitative estimate of drug-likeness (QED) is 0.871. The lowest BCUT2D eigenvalue weighted by atomic mass is 10.0. The van der Waals surface area contributed by atoms with E-state index in [0.717, 1.165) is 19.4 Å². The van der Waals surface area contributed by atoms with Crippen molar-refractivity contribution in [3.05, 3.63) is 35.4 Å². The average Bonchev–Trinajstić information content (AvgIpc) is 2.97. The minimum absolute atomic E-state index is 0.0304. The number of benzene rings is 1. The summed E-state index contributed by atoms with van der Waals surface area (Å²) in [7, 11) is 4.03. The van der Waals surface area contributed by atoms with Crippen LogP contribution in [-0.2, 0) is 0 Å². The molecule has 2 rings (SSSR count). The summed E-state index contributed by atoms with van der Waals surface area (Å²) in [6.07, 6.45) is 1.85. The van der Waals surface area contributed by atoms with Crippen LogP contribution in [0.15, 0.2) is 24.3 Å². The molecule has 0 aliphatic carbocycles. The van der Waals surface area contributed by atoms with Gasteiger partial charge in [-0.05, 0) is 39.4 Å². The molecule has 1 aromatic carbocycles. The van der Waals surface area contributed by atoms with Crippen LogP contribution in [0.2, 0.25) is 0 Å². The van der Waals surface area contributed by atoms with Crippen LogP contribution >= 0.6 is 0 Å². The maximum atomic E-state index is 12.3. The predicted molar refractivity (Wildman–Crippen MR) is 87.8 cm³/mol. The SMILES string of the molecule is Cc1ccc(C(CNC(=O)N2CCCC2CO)N(C)C)cc1. The van der Waals surface area contributed by atoms with Gasteiger partial charge in [0.1, 0.15) is 0 Å². The number of rotatable bonds is 5. The molecule has 0 saturated carbocycles. The summed E-state index contributed by atoms with van der Waals surface area (Å²) in [6.45, 7) is 3.40. The first kappa shape index (κ1) is 16.8. The third-order valence-electron chi connectivity index (χ3n) is 4.38. The first-order valence-corrected chi connectivity index (χ1v) is 7.91. The number of hydrogen-bond acceptors (Lipinski definition) is 3. The van der Waals surface area contributed by atoms with Crippen LogP contribution in [0.25, 0.3) is 0 Å². The van der Waals surface area contributed by atoms with Crippen LogP contribution < -0.4 is 5.32 Å². The van der Waals surface area contributed by atoms with Crippen molar-refractivity contribution >= 4 is 6.03 Å². The third-order valence-corrected chi connectivity index (χ3v) is 4.38. The van der Waals surface area contributed by atoms with Crippen molar-refractivity contribution in [3.8, 4) is 0 Å². The number of nitrogens with one attached hydrogen (secondary N) is 1. The van der Waals surface area contributed by atoms with Gasteiger partial charge in [0, 0.05) is 13.1 Å². The highest BCUT2D eigenvalue weighted by Crippen LogP contribution is 2.19. The van der Waals surface area contributed by atoms with Gasteiger partial charge in [0.15, 0.2) is 0 Å². The lowest BCUT2D eigenvalue weighted by Gasteiger charge is -2.28. The number of likely N-dealkylation sites (N-methyl/N-ethyl adjacent to an activating group) is 1. The van der Waals surface area contributed by atoms with E-state index in [0.29, 0.717) is 6.54 Å². The number of aliphatic hydroxyl groups excluding tert-OH is 1. The summed E-state index contributed by atoms with van der Waals surface area (Å²) >= 11 is 0. The fraction of sp³-hybridized carbons (Fsp3) is 0.588. The van der Waals surface area contributed by atoms with E-state index in [1.165, 1.54) is 11.1 Å². The number of carbonyl (C=O) groups is 1. The Kier molecular flexibility index (Phi) is 5.80. The standard InChI is InChI=1S/C17H27N3O2/c1-13-6-8-14(9-7-13)16(19(2)3)11-18-17(22)20-10-4-5-15(20)12-21/h6-9,15-16,21H,4-5,10-12H2,1-3H3,(H,18,22). The summed E-state index contributed by atoms with van der Waals surface area (Å²) < 4.78 is 0. The molecule has 1 saturated heterocycles. The van der Waals surface area contributed by atoms with Crippen molar-refractivity contribution < 1.29 is 9.90 Å². The van der Waals surface area contributed by atoms with Gasteiger partial charge in [0.25, 0.3) is 0 Å². The van der Waals surface area contributed by atoms with Gasteiger partial charge < -0.3 is 20.2 Å². The molecule has 0 bridgehead atoms. The molecule has 22 heavy (non-hydrogen) atoms. The molecule has 2 N–H and O–H groups in total. The fourth-order valence-corrected chi connectivity index (χ4v) is 2.97. The predicted octanol–water partition coefficient (Wildman–Crippen LogP) is 1.76. The Morgan fingerprint density at radius 2 is 2.09 bits per heavy atom. The number of nitrogens with zero attached hydrogens (tertiary/aromatic N) is 2. The van der Waals surface area contributed by atoms with E-state index in [1.807, 2.05) is 14.1 Å². The van der Waals surface area contributed by atoms with Crippen LogP contribution in [0.4, 0.5) is 4.79 Å². The van der Waals surface area contributed by atoms with E-state index in [9.17, 15) is 9.90 Å². The first-order valence-electron chi connectivity index (χ1n) is 7.91. The second kappa shape index (κ2) is 7.61. The summed E-state index contributed by atoms with van der Waals surface area (Å²) in [5.74, 6) is 0. The highest BCUT2D eigenvalue weighted by molar-refractivity contribution is 5.75. The smallest absolute Gasteiger partial charge is 0.317 e. The van der Waals surface area contributed by atoms with Crippen molar-refractivity contribution in [3.63, 3.8) is 0 Å². The molecule has 2 amide bonds. The number of aliphatic hydroxyl groups is 1. The van der Waals surface area contributed by atoms with Gasteiger partial charge in [0.05, 0.1) is 18.7 Å². The second-order valence-corrected chi connectivity index (χ2v) is 6.25. The summed E-state index contributed by atoms with van der Waals surface area (Å²) in [5, 5.41) is 12.3. The van der Waals surface area contributed by atoms with E-state index < -0.39 is 0 Å². The van der Waals surface area contributed by atoms with Crippen LogP contribution in [0.1, 0.15) is 30.0 Å². The molecule has 0 spiro atoms. The van der Waals surface area contributed by atoms with Crippen LogP contribution in [0.3, 0.4) is 0 Å². The molecule has 5 heteroatoms. The zero-order valence-corrected chi connectivity index (χ0v) is 13.7. The Morgan fingerprint density at radius 1 is 1.41 bits per heavy atom. The van der Waals surface area contributed by atoms with E-state index in [1.54, 1.807) is 4.90 Å². The monoisotopic (exact) mass is 305 g/mol. The maximum Gasteiger partial charge on any atom is 0.317 e. The average molecular weight is 305 g/mol. The van der Waals surface area contributed by atoms with Crippen LogP contribution in [0.5, 0.6) is 0 Å². The lowest BCUT2D eigenvalue weighted by molar-refractivity contribution is 0.154. The van der Waals surface area contributed by atoms with Gasteiger partial charge in [-0.1, -0.05) is 29.8 Å². The summed E-state index contributed by atoms with van der Waals surface area (Å²) in [6, 6.07) is 8.44. The molecule has 0 aromatic heterocycles. The number of hydrogen-bond donors (Lipinski definition) is 2. The Hall–Kier alpha value is -1.59. The van der Waals surface area contributed by atoms with Crippen molar-refractivity contribution in [2.45, 2.75) is 31.8 Å². The van der Waals surface area contributed by atoms with Gasteiger partial charge in [0.2, 0.25) is 0 Å².